The molecule has 0 unspecified atom stereocenters. The number of aromatic amines is 1. The van der Waals surface area contributed by atoms with E-state index in [0.29, 0.717) is 10.9 Å². The molecule has 122 valence electrons. The van der Waals surface area contributed by atoms with Gasteiger partial charge in [-0.05, 0) is 31.2 Å². The van der Waals surface area contributed by atoms with Crippen molar-refractivity contribution in [2.24, 2.45) is 0 Å². The lowest BCUT2D eigenvalue weighted by molar-refractivity contribution is 0.0315. The highest BCUT2D eigenvalue weighted by atomic mass is 35.5. The molecule has 0 aliphatic carbocycles. The van der Waals surface area contributed by atoms with Gasteiger partial charge in [0, 0.05) is 0 Å². The van der Waals surface area contributed by atoms with Crippen molar-refractivity contribution < 1.29 is 13.9 Å². The zero-order chi connectivity index (χ0) is 17.3. The second-order valence-corrected chi connectivity index (χ2v) is 5.52. The van der Waals surface area contributed by atoms with Gasteiger partial charge >= 0.3 is 5.97 Å². The number of rotatable bonds is 3. The molecule has 0 radical (unpaired) electrons. The Hall–Kier alpha value is -2.73. The third kappa shape index (κ3) is 3.00. The van der Waals surface area contributed by atoms with Gasteiger partial charge in [0.05, 0.1) is 15.9 Å². The van der Waals surface area contributed by atoms with Crippen LogP contribution in [0.25, 0.3) is 10.9 Å². The number of ether oxygens (including phenoxy) is 1. The van der Waals surface area contributed by atoms with Gasteiger partial charge in [0.1, 0.15) is 11.4 Å². The monoisotopic (exact) mass is 346 g/mol. The molecule has 0 amide bonds. The number of carbonyl (C=O) groups is 1. The molecule has 3 aromatic rings. The minimum absolute atomic E-state index is 0.0489. The smallest absolute Gasteiger partial charge is 0.343 e. The van der Waals surface area contributed by atoms with E-state index < -0.39 is 17.9 Å². The molecule has 5 nitrogen and oxygen atoms in total. The Morgan fingerprint density at radius 1 is 1.25 bits per heavy atom. The number of hydrogen-bond acceptors (Lipinski definition) is 4. The zero-order valence-electron chi connectivity index (χ0n) is 12.5. The fourth-order valence-corrected chi connectivity index (χ4v) is 2.51. The maximum Gasteiger partial charge on any atom is 0.343 e. The fourth-order valence-electron chi connectivity index (χ4n) is 2.27. The molecule has 0 saturated carbocycles. The summed E-state index contributed by atoms with van der Waals surface area (Å²) in [6, 6.07) is 10.7. The molecular weight excluding hydrogens is 335 g/mol. The van der Waals surface area contributed by atoms with E-state index in [9.17, 15) is 14.0 Å². The van der Waals surface area contributed by atoms with Gasteiger partial charge in [-0.25, -0.2) is 14.2 Å². The lowest BCUT2D eigenvalue weighted by Crippen LogP contribution is -2.18. The number of aromatic nitrogens is 2. The van der Waals surface area contributed by atoms with Crippen LogP contribution in [0.2, 0.25) is 5.02 Å². The van der Waals surface area contributed by atoms with Crippen LogP contribution in [0.5, 0.6) is 0 Å². The van der Waals surface area contributed by atoms with Crippen LogP contribution in [-0.4, -0.2) is 15.9 Å². The van der Waals surface area contributed by atoms with Gasteiger partial charge in [-0.1, -0.05) is 29.8 Å². The Morgan fingerprint density at radius 3 is 2.75 bits per heavy atom. The summed E-state index contributed by atoms with van der Waals surface area (Å²) in [5.41, 5.74) is -0.223. The number of carbonyl (C=O) groups excluding carboxylic acids is 1. The zero-order valence-corrected chi connectivity index (χ0v) is 13.3. The first kappa shape index (κ1) is 16.1. The Morgan fingerprint density at radius 2 is 2.00 bits per heavy atom. The fraction of sp³-hybridized carbons (Fsp3) is 0.118. The first-order chi connectivity index (χ1) is 11.5. The maximum absolute atomic E-state index is 13.8. The Kier molecular flexibility index (Phi) is 4.31. The SMILES string of the molecule is C[C@@H](OC(=O)c1c(F)cccc1Cl)c1nc2ccccc2c(=O)[nH]1. The number of nitrogens with zero attached hydrogens (tertiary/aromatic N) is 1. The van der Waals surface area contributed by atoms with Crippen LogP contribution in [-0.2, 0) is 4.74 Å². The Balaban J connectivity index is 1.91. The number of hydrogen-bond donors (Lipinski definition) is 1. The molecule has 0 saturated heterocycles. The number of nitrogens with one attached hydrogen (secondary N) is 1. The van der Waals surface area contributed by atoms with E-state index in [4.69, 9.17) is 16.3 Å². The van der Waals surface area contributed by atoms with Crippen molar-refractivity contribution in [1.29, 1.82) is 0 Å². The highest BCUT2D eigenvalue weighted by molar-refractivity contribution is 6.33. The van der Waals surface area contributed by atoms with Crippen LogP contribution in [0.1, 0.15) is 29.2 Å². The predicted molar refractivity (Wildman–Crippen MR) is 87.6 cm³/mol. The molecule has 0 aliphatic rings. The quantitative estimate of drug-likeness (QED) is 0.735. The van der Waals surface area contributed by atoms with Gasteiger partial charge in [-0.3, -0.25) is 4.79 Å². The third-order valence-electron chi connectivity index (χ3n) is 3.47. The van der Waals surface area contributed by atoms with Crippen molar-refractivity contribution >= 4 is 28.5 Å². The summed E-state index contributed by atoms with van der Waals surface area (Å²) in [4.78, 5) is 31.0. The molecule has 1 atom stereocenters. The molecule has 2 aromatic carbocycles. The molecule has 0 spiro atoms. The minimum atomic E-state index is -0.929. The van der Waals surface area contributed by atoms with Crippen LogP contribution >= 0.6 is 11.6 Å². The first-order valence-corrected chi connectivity index (χ1v) is 7.49. The lowest BCUT2D eigenvalue weighted by Gasteiger charge is -2.14. The Labute approximate surface area is 141 Å². The summed E-state index contributed by atoms with van der Waals surface area (Å²) in [7, 11) is 0. The average Bonchev–Trinajstić information content (AvgIpc) is 2.54. The van der Waals surface area contributed by atoms with E-state index in [1.165, 1.54) is 19.1 Å². The van der Waals surface area contributed by atoms with Gasteiger partial charge in [0.2, 0.25) is 0 Å². The van der Waals surface area contributed by atoms with Crippen molar-refractivity contribution in [1.82, 2.24) is 9.97 Å². The summed E-state index contributed by atoms with van der Waals surface area (Å²) >= 11 is 5.84. The van der Waals surface area contributed by atoms with Gasteiger partial charge < -0.3 is 9.72 Å². The summed E-state index contributed by atoms with van der Waals surface area (Å²) in [5.74, 6) is -1.54. The van der Waals surface area contributed by atoms with E-state index in [2.05, 4.69) is 9.97 Å². The summed E-state index contributed by atoms with van der Waals surface area (Å²) in [6.07, 6.45) is -0.884. The molecule has 3 rings (SSSR count). The van der Waals surface area contributed by atoms with Gasteiger partial charge in [-0.15, -0.1) is 0 Å². The standard InChI is InChI=1S/C17H12ClFN2O3/c1-9(24-17(23)14-11(18)6-4-7-12(14)19)15-20-13-8-3-2-5-10(13)16(22)21-15/h2-9H,1H3,(H,20,21,22)/t9-/m1/s1. The number of para-hydroxylation sites is 1. The Bertz CT molecular complexity index is 967. The largest absolute Gasteiger partial charge is 0.451 e. The number of benzene rings is 2. The van der Waals surface area contributed by atoms with Crippen molar-refractivity contribution in [3.05, 3.63) is 75.0 Å². The second kappa shape index (κ2) is 6.41. The maximum atomic E-state index is 13.8. The first-order valence-electron chi connectivity index (χ1n) is 7.11. The molecule has 1 heterocycles. The summed E-state index contributed by atoms with van der Waals surface area (Å²) in [5, 5.41) is 0.379. The van der Waals surface area contributed by atoms with Crippen LogP contribution in [0, 0.1) is 5.82 Å². The van der Waals surface area contributed by atoms with Crippen molar-refractivity contribution in [2.45, 2.75) is 13.0 Å². The minimum Gasteiger partial charge on any atom is -0.451 e. The molecule has 1 N–H and O–H groups in total. The number of esters is 1. The van der Waals surface area contributed by atoms with E-state index in [1.807, 2.05) is 0 Å². The molecule has 24 heavy (non-hydrogen) atoms. The van der Waals surface area contributed by atoms with Gasteiger partial charge in [0.15, 0.2) is 11.9 Å². The second-order valence-electron chi connectivity index (χ2n) is 5.11. The molecule has 1 aromatic heterocycles. The van der Waals surface area contributed by atoms with E-state index in [-0.39, 0.29) is 22.0 Å². The average molecular weight is 347 g/mol. The molecule has 7 heteroatoms. The van der Waals surface area contributed by atoms with Crippen molar-refractivity contribution in [3.63, 3.8) is 0 Å². The van der Waals surface area contributed by atoms with Crippen molar-refractivity contribution in [3.8, 4) is 0 Å². The van der Waals surface area contributed by atoms with Gasteiger partial charge in [-0.2, -0.15) is 0 Å². The lowest BCUT2D eigenvalue weighted by atomic mass is 10.2. The van der Waals surface area contributed by atoms with Crippen molar-refractivity contribution in [2.75, 3.05) is 0 Å². The topological polar surface area (TPSA) is 72.0 Å². The highest BCUT2D eigenvalue weighted by Crippen LogP contribution is 2.23. The predicted octanol–water partition coefficient (Wildman–Crippen LogP) is 3.63. The van der Waals surface area contributed by atoms with Crippen LogP contribution in [0.4, 0.5) is 4.39 Å². The van der Waals surface area contributed by atoms with Crippen LogP contribution in [0.15, 0.2) is 47.3 Å². The summed E-state index contributed by atoms with van der Waals surface area (Å²) in [6.45, 7) is 1.53. The normalized spacial score (nSPS) is 12.1. The summed E-state index contributed by atoms with van der Waals surface area (Å²) < 4.78 is 19.0. The van der Waals surface area contributed by atoms with Gasteiger partial charge in [0.25, 0.3) is 5.56 Å². The van der Waals surface area contributed by atoms with E-state index in [0.717, 1.165) is 6.07 Å². The van der Waals surface area contributed by atoms with E-state index in [1.54, 1.807) is 24.3 Å². The molecule has 0 aliphatic heterocycles. The molecule has 0 bridgehead atoms. The van der Waals surface area contributed by atoms with E-state index >= 15 is 0 Å². The van der Waals surface area contributed by atoms with Crippen LogP contribution < -0.4 is 5.56 Å². The third-order valence-corrected chi connectivity index (χ3v) is 3.78. The number of halogens is 2. The highest BCUT2D eigenvalue weighted by Gasteiger charge is 2.21. The molecular formula is C17H12ClFN2O3. The number of H-pyrrole nitrogens is 1. The number of fused-ring (bicyclic) bond motifs is 1. The van der Waals surface area contributed by atoms with Crippen LogP contribution in [0.3, 0.4) is 0 Å². The molecule has 0 fully saturated rings.